The Kier molecular flexibility index (Phi) is 2.94. The van der Waals surface area contributed by atoms with Gasteiger partial charge in [0.1, 0.15) is 0 Å². The lowest BCUT2D eigenvalue weighted by Crippen LogP contribution is -1.99. The molecule has 0 aliphatic heterocycles. The van der Waals surface area contributed by atoms with E-state index in [1.165, 1.54) is 10.3 Å². The summed E-state index contributed by atoms with van der Waals surface area (Å²) in [7, 11) is 0. The highest BCUT2D eigenvalue weighted by molar-refractivity contribution is 7.09. The second-order valence-electron chi connectivity index (χ2n) is 4.12. The maximum Gasteiger partial charge on any atom is 0.0798 e. The van der Waals surface area contributed by atoms with Crippen LogP contribution < -0.4 is 5.32 Å². The highest BCUT2D eigenvalue weighted by atomic mass is 32.1. The first-order valence-corrected chi connectivity index (χ1v) is 6.68. The molecule has 2 aromatic heterocycles. The molecule has 0 aliphatic rings. The molecular formula is C14H13N3S. The van der Waals surface area contributed by atoms with Crippen LogP contribution in [0.4, 0.5) is 5.69 Å². The fraction of sp³-hybridized carbons (Fsp3) is 0.143. The zero-order valence-electron chi connectivity index (χ0n) is 10.1. The molecule has 18 heavy (non-hydrogen) atoms. The van der Waals surface area contributed by atoms with Gasteiger partial charge in [0.15, 0.2) is 0 Å². The maximum atomic E-state index is 4.26. The Balaban J connectivity index is 1.89. The third kappa shape index (κ3) is 2.07. The normalized spacial score (nSPS) is 10.7. The SMILES string of the molecule is Cc1ncsc1CNc1cccc2ccncc12. The number of aromatic nitrogens is 2. The van der Waals surface area contributed by atoms with Crippen molar-refractivity contribution in [3.8, 4) is 0 Å². The standard InChI is InChI=1S/C14H13N3S/c1-10-14(18-9-17-10)8-16-13-4-2-3-11-5-6-15-7-12(11)13/h2-7,9,16H,8H2,1H3. The first-order chi connectivity index (χ1) is 8.84. The van der Waals surface area contributed by atoms with E-state index < -0.39 is 0 Å². The van der Waals surface area contributed by atoms with Gasteiger partial charge in [-0.05, 0) is 24.4 Å². The van der Waals surface area contributed by atoms with Gasteiger partial charge in [0.05, 0.1) is 17.7 Å². The number of aryl methyl sites for hydroxylation is 1. The van der Waals surface area contributed by atoms with E-state index in [1.54, 1.807) is 11.3 Å². The molecular weight excluding hydrogens is 242 g/mol. The summed E-state index contributed by atoms with van der Waals surface area (Å²) in [4.78, 5) is 9.72. The van der Waals surface area contributed by atoms with Crippen LogP contribution in [-0.2, 0) is 6.54 Å². The molecule has 1 N–H and O–H groups in total. The molecule has 0 unspecified atom stereocenters. The second-order valence-corrected chi connectivity index (χ2v) is 5.06. The van der Waals surface area contributed by atoms with Gasteiger partial charge in [-0.3, -0.25) is 4.98 Å². The molecule has 0 bridgehead atoms. The van der Waals surface area contributed by atoms with Crippen LogP contribution in [0.3, 0.4) is 0 Å². The molecule has 1 aromatic carbocycles. The molecule has 3 aromatic rings. The van der Waals surface area contributed by atoms with Crippen LogP contribution in [0.2, 0.25) is 0 Å². The summed E-state index contributed by atoms with van der Waals surface area (Å²) < 4.78 is 0. The Morgan fingerprint density at radius 1 is 1.28 bits per heavy atom. The number of benzene rings is 1. The smallest absolute Gasteiger partial charge is 0.0798 e. The highest BCUT2D eigenvalue weighted by Gasteiger charge is 2.03. The van der Waals surface area contributed by atoms with E-state index >= 15 is 0 Å². The Labute approximate surface area is 110 Å². The Morgan fingerprint density at radius 2 is 2.22 bits per heavy atom. The third-order valence-corrected chi connectivity index (χ3v) is 3.90. The van der Waals surface area contributed by atoms with E-state index in [1.807, 2.05) is 30.9 Å². The van der Waals surface area contributed by atoms with Crippen LogP contribution in [0.15, 0.2) is 42.2 Å². The third-order valence-electron chi connectivity index (χ3n) is 2.97. The first-order valence-electron chi connectivity index (χ1n) is 5.80. The fourth-order valence-electron chi connectivity index (χ4n) is 1.94. The molecule has 3 rings (SSSR count). The lowest BCUT2D eigenvalue weighted by atomic mass is 10.1. The number of fused-ring (bicyclic) bond motifs is 1. The number of anilines is 1. The van der Waals surface area contributed by atoms with E-state index in [9.17, 15) is 0 Å². The van der Waals surface area contributed by atoms with Gasteiger partial charge in [0, 0.05) is 28.3 Å². The summed E-state index contributed by atoms with van der Waals surface area (Å²) in [5.74, 6) is 0. The van der Waals surface area contributed by atoms with Crippen molar-refractivity contribution in [2.75, 3.05) is 5.32 Å². The minimum Gasteiger partial charge on any atom is -0.380 e. The monoisotopic (exact) mass is 255 g/mol. The summed E-state index contributed by atoms with van der Waals surface area (Å²) in [5, 5.41) is 5.82. The van der Waals surface area contributed by atoms with Crippen molar-refractivity contribution < 1.29 is 0 Å². The van der Waals surface area contributed by atoms with Gasteiger partial charge >= 0.3 is 0 Å². The van der Waals surface area contributed by atoms with Gasteiger partial charge in [-0.2, -0.15) is 0 Å². The zero-order valence-corrected chi connectivity index (χ0v) is 10.9. The Morgan fingerprint density at radius 3 is 3.06 bits per heavy atom. The number of nitrogens with one attached hydrogen (secondary N) is 1. The number of thiazole rings is 1. The first kappa shape index (κ1) is 11.2. The van der Waals surface area contributed by atoms with Gasteiger partial charge in [0.25, 0.3) is 0 Å². The van der Waals surface area contributed by atoms with Gasteiger partial charge in [-0.25, -0.2) is 4.98 Å². The molecule has 0 saturated carbocycles. The molecule has 0 aliphatic carbocycles. The van der Waals surface area contributed by atoms with E-state index in [-0.39, 0.29) is 0 Å². The Hall–Kier alpha value is -1.94. The van der Waals surface area contributed by atoms with Crippen molar-refractivity contribution in [3.05, 3.63) is 52.7 Å². The number of hydrogen-bond donors (Lipinski definition) is 1. The van der Waals surface area contributed by atoms with Crippen LogP contribution in [0, 0.1) is 6.92 Å². The predicted molar refractivity (Wildman–Crippen MR) is 75.9 cm³/mol. The summed E-state index contributed by atoms with van der Waals surface area (Å²) in [6, 6.07) is 8.27. The van der Waals surface area contributed by atoms with Crippen LogP contribution in [0.5, 0.6) is 0 Å². The van der Waals surface area contributed by atoms with Crippen LogP contribution in [0.25, 0.3) is 10.8 Å². The summed E-state index contributed by atoms with van der Waals surface area (Å²) in [6.45, 7) is 2.85. The summed E-state index contributed by atoms with van der Waals surface area (Å²) in [5.41, 5.74) is 4.11. The molecule has 0 atom stereocenters. The molecule has 0 radical (unpaired) electrons. The molecule has 3 nitrogen and oxygen atoms in total. The van der Waals surface area contributed by atoms with E-state index in [2.05, 4.69) is 33.5 Å². The van der Waals surface area contributed by atoms with Crippen molar-refractivity contribution in [2.45, 2.75) is 13.5 Å². The lowest BCUT2D eigenvalue weighted by molar-refractivity contribution is 1.12. The van der Waals surface area contributed by atoms with Gasteiger partial charge in [-0.1, -0.05) is 12.1 Å². The largest absolute Gasteiger partial charge is 0.380 e. The predicted octanol–water partition coefficient (Wildman–Crippen LogP) is 3.61. The van der Waals surface area contributed by atoms with Gasteiger partial charge in [0.2, 0.25) is 0 Å². The maximum absolute atomic E-state index is 4.26. The molecule has 90 valence electrons. The van der Waals surface area contributed by atoms with Crippen LogP contribution in [0.1, 0.15) is 10.6 Å². The van der Waals surface area contributed by atoms with Crippen LogP contribution in [-0.4, -0.2) is 9.97 Å². The molecule has 0 fully saturated rings. The van der Waals surface area contributed by atoms with Crippen molar-refractivity contribution >= 4 is 27.8 Å². The minimum absolute atomic E-state index is 0.810. The number of pyridine rings is 1. The quantitative estimate of drug-likeness (QED) is 0.777. The number of hydrogen-bond acceptors (Lipinski definition) is 4. The fourth-order valence-corrected chi connectivity index (χ4v) is 2.66. The topological polar surface area (TPSA) is 37.8 Å². The van der Waals surface area contributed by atoms with Crippen molar-refractivity contribution in [2.24, 2.45) is 0 Å². The van der Waals surface area contributed by atoms with E-state index in [0.717, 1.165) is 23.3 Å². The molecule has 0 spiro atoms. The average molecular weight is 255 g/mol. The zero-order chi connectivity index (χ0) is 12.4. The summed E-state index contributed by atoms with van der Waals surface area (Å²) in [6.07, 6.45) is 3.72. The highest BCUT2D eigenvalue weighted by Crippen LogP contribution is 2.23. The second kappa shape index (κ2) is 4.74. The molecule has 0 amide bonds. The Bertz CT molecular complexity index is 670. The molecule has 0 saturated heterocycles. The minimum atomic E-state index is 0.810. The van der Waals surface area contributed by atoms with E-state index in [0.29, 0.717) is 0 Å². The number of rotatable bonds is 3. The number of nitrogens with zero attached hydrogens (tertiary/aromatic N) is 2. The van der Waals surface area contributed by atoms with Crippen molar-refractivity contribution in [3.63, 3.8) is 0 Å². The van der Waals surface area contributed by atoms with Gasteiger partial charge in [-0.15, -0.1) is 11.3 Å². The molecule has 2 heterocycles. The molecule has 4 heteroatoms. The average Bonchev–Trinajstić information content (AvgIpc) is 2.82. The van der Waals surface area contributed by atoms with Crippen molar-refractivity contribution in [1.82, 2.24) is 9.97 Å². The van der Waals surface area contributed by atoms with E-state index in [4.69, 9.17) is 0 Å². The summed E-state index contributed by atoms with van der Waals surface area (Å²) >= 11 is 1.68. The van der Waals surface area contributed by atoms with Crippen LogP contribution >= 0.6 is 11.3 Å². The lowest BCUT2D eigenvalue weighted by Gasteiger charge is -2.08. The van der Waals surface area contributed by atoms with Crippen molar-refractivity contribution in [1.29, 1.82) is 0 Å². The van der Waals surface area contributed by atoms with Gasteiger partial charge < -0.3 is 5.32 Å².